The summed E-state index contributed by atoms with van der Waals surface area (Å²) in [5.74, 6) is -1.04. The fourth-order valence-corrected chi connectivity index (χ4v) is 3.28. The number of carbonyl (C=O) groups excluding carboxylic acids is 1. The number of rotatable bonds is 3. The zero-order valence-corrected chi connectivity index (χ0v) is 12.8. The molecule has 0 radical (unpaired) electrons. The molecule has 1 aliphatic heterocycles. The molecule has 1 amide bonds. The molecule has 21 heavy (non-hydrogen) atoms. The van der Waals surface area contributed by atoms with E-state index in [0.29, 0.717) is 29.6 Å². The lowest BCUT2D eigenvalue weighted by Crippen LogP contribution is -2.31. The SMILES string of the molecule is O=C(O)[C@@H]1CCN(C(=O)[C@@H]2C[C@H]2c2ccc(Cl)c(Cl)c2)C1. The summed E-state index contributed by atoms with van der Waals surface area (Å²) >= 11 is 11.9. The van der Waals surface area contributed by atoms with Gasteiger partial charge in [0.2, 0.25) is 5.91 Å². The number of carboxylic acid groups (broad SMARTS) is 1. The predicted molar refractivity (Wildman–Crippen MR) is 79.6 cm³/mol. The Kier molecular flexibility index (Phi) is 3.84. The van der Waals surface area contributed by atoms with Crippen LogP contribution in [0.4, 0.5) is 0 Å². The lowest BCUT2D eigenvalue weighted by Gasteiger charge is -2.15. The van der Waals surface area contributed by atoms with Crippen LogP contribution in [-0.4, -0.2) is 35.0 Å². The average Bonchev–Trinajstić information content (AvgIpc) is 3.08. The highest BCUT2D eigenvalue weighted by atomic mass is 35.5. The molecule has 1 heterocycles. The van der Waals surface area contributed by atoms with Crippen molar-refractivity contribution in [1.29, 1.82) is 0 Å². The summed E-state index contributed by atoms with van der Waals surface area (Å²) in [5, 5.41) is 10.00. The third-order valence-electron chi connectivity index (χ3n) is 4.33. The molecule has 112 valence electrons. The Labute approximate surface area is 132 Å². The largest absolute Gasteiger partial charge is 0.481 e. The van der Waals surface area contributed by atoms with E-state index in [1.54, 1.807) is 11.0 Å². The number of aliphatic carboxylic acids is 1. The fourth-order valence-electron chi connectivity index (χ4n) is 2.98. The maximum Gasteiger partial charge on any atom is 0.308 e. The standard InChI is InChI=1S/C15H15Cl2NO3/c16-12-2-1-8(5-13(12)17)10-6-11(10)14(19)18-4-3-9(7-18)15(20)21/h1-2,5,9-11H,3-4,6-7H2,(H,20,21)/t9-,10+,11-/m1/s1. The molecule has 1 saturated heterocycles. The number of halogens is 2. The van der Waals surface area contributed by atoms with Crippen molar-refractivity contribution in [3.8, 4) is 0 Å². The van der Waals surface area contributed by atoms with E-state index in [1.165, 1.54) is 0 Å². The topological polar surface area (TPSA) is 57.6 Å². The first-order chi connectivity index (χ1) is 9.97. The Hall–Kier alpha value is -1.26. The van der Waals surface area contributed by atoms with Crippen molar-refractivity contribution < 1.29 is 14.7 Å². The number of hydrogen-bond acceptors (Lipinski definition) is 2. The lowest BCUT2D eigenvalue weighted by atomic mass is 10.1. The highest BCUT2D eigenvalue weighted by Gasteiger charge is 2.47. The van der Waals surface area contributed by atoms with E-state index in [1.807, 2.05) is 12.1 Å². The van der Waals surface area contributed by atoms with Crippen molar-refractivity contribution in [2.24, 2.45) is 11.8 Å². The third-order valence-corrected chi connectivity index (χ3v) is 5.07. The summed E-state index contributed by atoms with van der Waals surface area (Å²) in [7, 11) is 0. The summed E-state index contributed by atoms with van der Waals surface area (Å²) in [6, 6.07) is 5.46. The molecule has 1 aliphatic carbocycles. The zero-order chi connectivity index (χ0) is 15.1. The second-order valence-corrected chi connectivity index (χ2v) is 6.54. The lowest BCUT2D eigenvalue weighted by molar-refractivity contribution is -0.141. The van der Waals surface area contributed by atoms with Crippen LogP contribution in [-0.2, 0) is 9.59 Å². The average molecular weight is 328 g/mol. The second kappa shape index (κ2) is 5.50. The molecule has 2 fully saturated rings. The van der Waals surface area contributed by atoms with Crippen LogP contribution in [0.3, 0.4) is 0 Å². The highest BCUT2D eigenvalue weighted by molar-refractivity contribution is 6.42. The quantitative estimate of drug-likeness (QED) is 0.928. The van der Waals surface area contributed by atoms with Gasteiger partial charge >= 0.3 is 5.97 Å². The van der Waals surface area contributed by atoms with Gasteiger partial charge in [-0.05, 0) is 36.5 Å². The number of amides is 1. The minimum Gasteiger partial charge on any atom is -0.481 e. The zero-order valence-electron chi connectivity index (χ0n) is 11.3. The van der Waals surface area contributed by atoms with E-state index in [-0.39, 0.29) is 17.7 Å². The van der Waals surface area contributed by atoms with E-state index in [4.69, 9.17) is 28.3 Å². The van der Waals surface area contributed by atoms with Crippen LogP contribution in [0.2, 0.25) is 10.0 Å². The Morgan fingerprint density at radius 3 is 2.62 bits per heavy atom. The number of benzene rings is 1. The molecule has 0 spiro atoms. The first-order valence-corrected chi connectivity index (χ1v) is 7.69. The first-order valence-electron chi connectivity index (χ1n) is 6.94. The molecule has 2 aliphatic rings. The third kappa shape index (κ3) is 2.87. The minimum atomic E-state index is -0.817. The second-order valence-electron chi connectivity index (χ2n) is 5.73. The van der Waals surface area contributed by atoms with Crippen LogP contribution in [0.1, 0.15) is 24.3 Å². The Morgan fingerprint density at radius 1 is 1.24 bits per heavy atom. The van der Waals surface area contributed by atoms with Crippen LogP contribution < -0.4 is 0 Å². The molecular weight excluding hydrogens is 313 g/mol. The predicted octanol–water partition coefficient (Wildman–Crippen LogP) is 3.03. The number of hydrogen-bond donors (Lipinski definition) is 1. The summed E-state index contributed by atoms with van der Waals surface area (Å²) in [4.78, 5) is 25.0. The van der Waals surface area contributed by atoms with Gasteiger partial charge in [-0.2, -0.15) is 0 Å². The van der Waals surface area contributed by atoms with E-state index in [2.05, 4.69) is 0 Å². The highest BCUT2D eigenvalue weighted by Crippen LogP contribution is 2.49. The van der Waals surface area contributed by atoms with Crippen molar-refractivity contribution in [3.63, 3.8) is 0 Å². The molecule has 0 bridgehead atoms. The van der Waals surface area contributed by atoms with Gasteiger partial charge in [-0.25, -0.2) is 0 Å². The first kappa shape index (κ1) is 14.7. The summed E-state index contributed by atoms with van der Waals surface area (Å²) in [6.07, 6.45) is 1.34. The molecule has 1 aromatic rings. The van der Waals surface area contributed by atoms with Gasteiger partial charge in [-0.15, -0.1) is 0 Å². The normalized spacial score (nSPS) is 27.7. The monoisotopic (exact) mass is 327 g/mol. The van der Waals surface area contributed by atoms with Crippen molar-refractivity contribution >= 4 is 35.1 Å². The molecule has 0 aromatic heterocycles. The molecule has 1 aromatic carbocycles. The maximum atomic E-state index is 12.4. The number of carbonyl (C=O) groups is 2. The molecule has 0 unspecified atom stereocenters. The van der Waals surface area contributed by atoms with Crippen LogP contribution in [0.25, 0.3) is 0 Å². The Morgan fingerprint density at radius 2 is 2.00 bits per heavy atom. The molecule has 3 rings (SSSR count). The molecular formula is C15H15Cl2NO3. The summed E-state index contributed by atoms with van der Waals surface area (Å²) < 4.78 is 0. The summed E-state index contributed by atoms with van der Waals surface area (Å²) in [6.45, 7) is 0.874. The van der Waals surface area contributed by atoms with Gasteiger partial charge < -0.3 is 10.0 Å². The van der Waals surface area contributed by atoms with Crippen LogP contribution in [0.15, 0.2) is 18.2 Å². The van der Waals surface area contributed by atoms with Crippen molar-refractivity contribution in [2.75, 3.05) is 13.1 Å². The molecule has 3 atom stereocenters. The van der Waals surface area contributed by atoms with Crippen LogP contribution in [0, 0.1) is 11.8 Å². The van der Waals surface area contributed by atoms with Crippen molar-refractivity contribution in [2.45, 2.75) is 18.8 Å². The van der Waals surface area contributed by atoms with E-state index >= 15 is 0 Å². The fraction of sp³-hybridized carbons (Fsp3) is 0.467. The van der Waals surface area contributed by atoms with E-state index in [9.17, 15) is 9.59 Å². The maximum absolute atomic E-state index is 12.4. The van der Waals surface area contributed by atoms with Gasteiger partial charge in [0.15, 0.2) is 0 Å². The van der Waals surface area contributed by atoms with Crippen molar-refractivity contribution in [1.82, 2.24) is 4.90 Å². The van der Waals surface area contributed by atoms with Gasteiger partial charge in [0.25, 0.3) is 0 Å². The van der Waals surface area contributed by atoms with E-state index in [0.717, 1.165) is 12.0 Å². The van der Waals surface area contributed by atoms with Gasteiger partial charge in [0.1, 0.15) is 0 Å². The summed E-state index contributed by atoms with van der Waals surface area (Å²) in [5.41, 5.74) is 1.02. The Bertz CT molecular complexity index is 605. The number of likely N-dealkylation sites (tertiary alicyclic amines) is 1. The minimum absolute atomic E-state index is 0.0465. The molecule has 6 heteroatoms. The molecule has 4 nitrogen and oxygen atoms in total. The molecule has 1 N–H and O–H groups in total. The van der Waals surface area contributed by atoms with Gasteiger partial charge in [0.05, 0.1) is 16.0 Å². The number of carboxylic acids is 1. The van der Waals surface area contributed by atoms with Crippen LogP contribution >= 0.6 is 23.2 Å². The van der Waals surface area contributed by atoms with Gasteiger partial charge in [-0.1, -0.05) is 29.3 Å². The van der Waals surface area contributed by atoms with Gasteiger partial charge in [0, 0.05) is 19.0 Å². The molecule has 1 saturated carbocycles. The van der Waals surface area contributed by atoms with E-state index < -0.39 is 11.9 Å². The van der Waals surface area contributed by atoms with Crippen molar-refractivity contribution in [3.05, 3.63) is 33.8 Å². The van der Waals surface area contributed by atoms with Crippen LogP contribution in [0.5, 0.6) is 0 Å². The number of nitrogens with zero attached hydrogens (tertiary/aromatic N) is 1. The Balaban J connectivity index is 1.64. The van der Waals surface area contributed by atoms with Gasteiger partial charge in [-0.3, -0.25) is 9.59 Å². The smallest absolute Gasteiger partial charge is 0.308 e.